The molecule has 8 heteroatoms. The summed E-state index contributed by atoms with van der Waals surface area (Å²) in [6.45, 7) is -0.236. The number of aliphatic hydroxyl groups is 1. The smallest absolute Gasteiger partial charge is 0.277 e. The Morgan fingerprint density at radius 1 is 1.24 bits per heavy atom. The van der Waals surface area contributed by atoms with Crippen LogP contribution in [-0.4, -0.2) is 41.6 Å². The van der Waals surface area contributed by atoms with E-state index in [4.69, 9.17) is 9.84 Å². The van der Waals surface area contributed by atoms with Gasteiger partial charge in [-0.15, -0.1) is 0 Å². The van der Waals surface area contributed by atoms with Crippen molar-refractivity contribution in [2.45, 2.75) is 19.3 Å². The van der Waals surface area contributed by atoms with Gasteiger partial charge in [0.15, 0.2) is 17.4 Å². The first-order valence-electron chi connectivity index (χ1n) is 8.07. The van der Waals surface area contributed by atoms with Crippen molar-refractivity contribution >= 4 is 17.5 Å². The number of carbonyl (C=O) groups is 2. The molecular formula is C17H18F2N2O4. The largest absolute Gasteiger partial charge is 0.487 e. The monoisotopic (exact) mass is 352 g/mol. The Bertz CT molecular complexity index is 708. The summed E-state index contributed by atoms with van der Waals surface area (Å²) in [4.78, 5) is 24.5. The van der Waals surface area contributed by atoms with Crippen molar-refractivity contribution in [2.75, 3.05) is 25.1 Å². The number of nitrogens with zero attached hydrogens (tertiary/aromatic N) is 1. The number of halogens is 2. The molecule has 0 saturated heterocycles. The van der Waals surface area contributed by atoms with Gasteiger partial charge in [0.2, 0.25) is 0 Å². The highest BCUT2D eigenvalue weighted by atomic mass is 19.1. The number of rotatable bonds is 7. The number of amides is 2. The molecule has 2 N–H and O–H groups in total. The van der Waals surface area contributed by atoms with E-state index >= 15 is 0 Å². The zero-order chi connectivity index (χ0) is 18.0. The van der Waals surface area contributed by atoms with Gasteiger partial charge in [-0.2, -0.15) is 0 Å². The summed E-state index contributed by atoms with van der Waals surface area (Å²) in [7, 11) is 0. The van der Waals surface area contributed by atoms with Gasteiger partial charge in [0, 0.05) is 23.9 Å². The van der Waals surface area contributed by atoms with Crippen LogP contribution < -0.4 is 10.1 Å². The number of ether oxygens (including phenoxy) is 1. The molecule has 1 aromatic carbocycles. The fourth-order valence-electron chi connectivity index (χ4n) is 2.70. The highest BCUT2D eigenvalue weighted by Gasteiger charge is 2.31. The summed E-state index contributed by atoms with van der Waals surface area (Å²) in [6.07, 6.45) is 4.13. The molecular weight excluding hydrogens is 334 g/mol. The van der Waals surface area contributed by atoms with E-state index in [-0.39, 0.29) is 31.1 Å². The topological polar surface area (TPSA) is 78.9 Å². The maximum Gasteiger partial charge on any atom is 0.277 e. The zero-order valence-electron chi connectivity index (χ0n) is 13.4. The van der Waals surface area contributed by atoms with E-state index < -0.39 is 29.2 Å². The fourth-order valence-corrected chi connectivity index (χ4v) is 2.70. The Kier molecular flexibility index (Phi) is 4.98. The Labute approximate surface area is 143 Å². The van der Waals surface area contributed by atoms with E-state index in [1.807, 2.05) is 0 Å². The molecule has 0 spiro atoms. The van der Waals surface area contributed by atoms with Crippen molar-refractivity contribution < 1.29 is 28.2 Å². The molecule has 1 saturated carbocycles. The van der Waals surface area contributed by atoms with Gasteiger partial charge < -0.3 is 15.2 Å². The number of aliphatic hydroxyl groups excluding tert-OH is 1. The van der Waals surface area contributed by atoms with Gasteiger partial charge in [0.25, 0.3) is 11.8 Å². The summed E-state index contributed by atoms with van der Waals surface area (Å²) in [5, 5.41) is 11.4. The zero-order valence-corrected chi connectivity index (χ0v) is 13.4. The quantitative estimate of drug-likeness (QED) is 0.732. The van der Waals surface area contributed by atoms with E-state index in [9.17, 15) is 18.4 Å². The van der Waals surface area contributed by atoms with Crippen LogP contribution in [0.4, 0.5) is 14.5 Å². The van der Waals surface area contributed by atoms with Gasteiger partial charge in [0.05, 0.1) is 19.8 Å². The fraction of sp³-hybridized carbons (Fsp3) is 0.412. The van der Waals surface area contributed by atoms with Crippen LogP contribution in [0.5, 0.6) is 5.75 Å². The lowest BCUT2D eigenvalue weighted by atomic mass is 9.86. The Hall–Kier alpha value is -2.48. The standard InChI is InChI=1S/C17H18F2N2O4/c18-12-6-11(7-13(19)16(12)25-9-10-2-1-3-10)20-14-8-15(23)21(4-5-22)17(14)24/h6-8,10,20,22H,1-5,9H2. The molecule has 6 nitrogen and oxygen atoms in total. The number of β-amino-alcohol motifs (C(OH)–C–C–N with tert-alkyl or cyclic N) is 1. The molecule has 0 aromatic heterocycles. The van der Waals surface area contributed by atoms with Crippen molar-refractivity contribution in [3.63, 3.8) is 0 Å². The van der Waals surface area contributed by atoms with Crippen molar-refractivity contribution in [1.29, 1.82) is 0 Å². The number of nitrogens with one attached hydrogen (secondary N) is 1. The third kappa shape index (κ3) is 3.63. The number of hydrogen-bond donors (Lipinski definition) is 2. The second-order valence-corrected chi connectivity index (χ2v) is 6.08. The van der Waals surface area contributed by atoms with E-state index in [1.165, 1.54) is 0 Å². The molecule has 1 aliphatic carbocycles. The summed E-state index contributed by atoms with van der Waals surface area (Å²) in [5.74, 6) is -3.13. The van der Waals surface area contributed by atoms with Crippen LogP contribution in [-0.2, 0) is 9.59 Å². The van der Waals surface area contributed by atoms with Crippen molar-refractivity contribution in [2.24, 2.45) is 5.92 Å². The van der Waals surface area contributed by atoms with Crippen molar-refractivity contribution in [3.8, 4) is 5.75 Å². The highest BCUT2D eigenvalue weighted by molar-refractivity contribution is 6.17. The van der Waals surface area contributed by atoms with Crippen LogP contribution in [0.1, 0.15) is 19.3 Å². The van der Waals surface area contributed by atoms with Crippen LogP contribution in [0.15, 0.2) is 23.9 Å². The molecule has 134 valence electrons. The average Bonchev–Trinajstić information content (AvgIpc) is 2.76. The Morgan fingerprint density at radius 3 is 2.48 bits per heavy atom. The van der Waals surface area contributed by atoms with Crippen LogP contribution in [0, 0.1) is 17.6 Å². The van der Waals surface area contributed by atoms with E-state index in [1.54, 1.807) is 0 Å². The third-order valence-electron chi connectivity index (χ3n) is 4.30. The summed E-state index contributed by atoms with van der Waals surface area (Å²) in [5.41, 5.74) is -0.121. The van der Waals surface area contributed by atoms with Crippen LogP contribution in [0.3, 0.4) is 0 Å². The second kappa shape index (κ2) is 7.18. The first-order valence-corrected chi connectivity index (χ1v) is 8.07. The second-order valence-electron chi connectivity index (χ2n) is 6.08. The van der Waals surface area contributed by atoms with E-state index in [0.29, 0.717) is 5.92 Å². The predicted octanol–water partition coefficient (Wildman–Crippen LogP) is 1.80. The molecule has 3 rings (SSSR count). The number of hydrogen-bond acceptors (Lipinski definition) is 5. The molecule has 1 aliphatic heterocycles. The maximum atomic E-state index is 14.1. The minimum absolute atomic E-state index is 0.00996. The SMILES string of the molecule is O=C1C=C(Nc2cc(F)c(OCC3CCC3)c(F)c2)C(=O)N1CCO. The molecule has 0 radical (unpaired) electrons. The minimum Gasteiger partial charge on any atom is -0.487 e. The minimum atomic E-state index is -0.883. The molecule has 2 amide bonds. The van der Waals surface area contributed by atoms with Gasteiger partial charge in [-0.25, -0.2) is 8.78 Å². The molecule has 0 bridgehead atoms. The Balaban J connectivity index is 1.70. The van der Waals surface area contributed by atoms with Gasteiger partial charge >= 0.3 is 0 Å². The maximum absolute atomic E-state index is 14.1. The van der Waals surface area contributed by atoms with Crippen LogP contribution >= 0.6 is 0 Å². The molecule has 0 unspecified atom stereocenters. The normalized spacial score (nSPS) is 17.6. The molecule has 0 atom stereocenters. The number of anilines is 1. The van der Waals surface area contributed by atoms with Crippen molar-refractivity contribution in [3.05, 3.63) is 35.5 Å². The van der Waals surface area contributed by atoms with Gasteiger partial charge in [0.1, 0.15) is 5.70 Å². The molecule has 2 aliphatic rings. The predicted molar refractivity (Wildman–Crippen MR) is 84.7 cm³/mol. The summed E-state index contributed by atoms with van der Waals surface area (Å²) >= 11 is 0. The summed E-state index contributed by atoms with van der Waals surface area (Å²) < 4.78 is 33.5. The van der Waals surface area contributed by atoms with E-state index in [2.05, 4.69) is 5.32 Å². The van der Waals surface area contributed by atoms with Crippen LogP contribution in [0.2, 0.25) is 0 Å². The average molecular weight is 352 g/mol. The van der Waals surface area contributed by atoms with Gasteiger partial charge in [-0.3, -0.25) is 14.5 Å². The lowest BCUT2D eigenvalue weighted by molar-refractivity contribution is -0.137. The lowest BCUT2D eigenvalue weighted by Crippen LogP contribution is -2.34. The first kappa shape index (κ1) is 17.3. The van der Waals surface area contributed by atoms with Crippen LogP contribution in [0.25, 0.3) is 0 Å². The highest BCUT2D eigenvalue weighted by Crippen LogP contribution is 2.31. The number of benzene rings is 1. The lowest BCUT2D eigenvalue weighted by Gasteiger charge is -2.25. The molecule has 1 fully saturated rings. The first-order chi connectivity index (χ1) is 12.0. The van der Waals surface area contributed by atoms with E-state index in [0.717, 1.165) is 42.4 Å². The number of carbonyl (C=O) groups excluding carboxylic acids is 2. The molecule has 25 heavy (non-hydrogen) atoms. The Morgan fingerprint density at radius 2 is 1.92 bits per heavy atom. The number of imide groups is 1. The molecule has 1 heterocycles. The molecule has 1 aromatic rings. The van der Waals surface area contributed by atoms with Crippen molar-refractivity contribution in [1.82, 2.24) is 4.90 Å². The van der Waals surface area contributed by atoms with Gasteiger partial charge in [-0.05, 0) is 18.8 Å². The summed E-state index contributed by atoms with van der Waals surface area (Å²) in [6, 6.07) is 2.01. The van der Waals surface area contributed by atoms with Gasteiger partial charge in [-0.1, -0.05) is 6.42 Å². The third-order valence-corrected chi connectivity index (χ3v) is 4.30.